The first kappa shape index (κ1) is 21.0. The molecule has 0 radical (unpaired) electrons. The van der Waals surface area contributed by atoms with Crippen LogP contribution in [-0.2, 0) is 22.7 Å². The van der Waals surface area contributed by atoms with Crippen molar-refractivity contribution in [2.75, 3.05) is 11.4 Å². The first-order valence-electron chi connectivity index (χ1n) is 10.4. The number of aromatic nitrogens is 3. The molecule has 1 aromatic heterocycles. The van der Waals surface area contributed by atoms with E-state index in [1.165, 1.54) is 5.56 Å². The highest BCUT2D eigenvalue weighted by atomic mass is 32.1. The van der Waals surface area contributed by atoms with E-state index in [1.54, 1.807) is 0 Å². The van der Waals surface area contributed by atoms with Gasteiger partial charge in [-0.3, -0.25) is 19.3 Å². The van der Waals surface area contributed by atoms with E-state index in [-0.39, 0.29) is 11.8 Å². The monoisotopic (exact) mass is 435 g/mol. The molecular weight excluding hydrogens is 410 g/mol. The van der Waals surface area contributed by atoms with Crippen LogP contribution in [-0.4, -0.2) is 33.1 Å². The molecule has 1 aliphatic heterocycles. The summed E-state index contributed by atoms with van der Waals surface area (Å²) < 4.78 is 2.34. The highest BCUT2D eigenvalue weighted by Crippen LogP contribution is 2.22. The lowest BCUT2D eigenvalue weighted by molar-refractivity contribution is -0.121. The summed E-state index contributed by atoms with van der Waals surface area (Å²) in [6.07, 6.45) is 1.82. The first-order valence-corrected chi connectivity index (χ1v) is 10.8. The van der Waals surface area contributed by atoms with Gasteiger partial charge in [-0.05, 0) is 43.3 Å². The van der Waals surface area contributed by atoms with Crippen molar-refractivity contribution in [1.29, 1.82) is 0 Å². The number of benzene rings is 2. The van der Waals surface area contributed by atoms with Crippen LogP contribution < -0.4 is 10.2 Å². The summed E-state index contributed by atoms with van der Waals surface area (Å²) in [4.78, 5) is 26.1. The van der Waals surface area contributed by atoms with Crippen LogP contribution in [0.5, 0.6) is 0 Å². The number of rotatable bonds is 7. The molecule has 7 nitrogen and oxygen atoms in total. The van der Waals surface area contributed by atoms with Crippen LogP contribution in [0.15, 0.2) is 48.5 Å². The van der Waals surface area contributed by atoms with Crippen molar-refractivity contribution in [1.82, 2.24) is 20.1 Å². The third kappa shape index (κ3) is 4.91. The molecule has 3 aromatic rings. The van der Waals surface area contributed by atoms with E-state index in [9.17, 15) is 9.59 Å². The third-order valence-corrected chi connectivity index (χ3v) is 5.75. The standard InChI is InChI=1S/C23H25N5O2S/c1-16-4-8-18(9-5-16)22-25-26-23(31)28(22)14-12-20(29)24-15-17-6-10-19(11-7-17)27-13-2-3-21(27)30/h4-11H,2-3,12-15H2,1H3,(H,24,29)(H,26,31). The van der Waals surface area contributed by atoms with Crippen molar-refractivity contribution < 1.29 is 9.59 Å². The SMILES string of the molecule is Cc1ccc(-c2n[nH]c(=S)n2CCC(=O)NCc2ccc(N3CCCC3=O)cc2)cc1. The van der Waals surface area contributed by atoms with Gasteiger partial charge in [0, 0.05) is 43.7 Å². The molecule has 1 aliphatic rings. The second-order valence-electron chi connectivity index (χ2n) is 7.71. The number of nitrogens with zero attached hydrogens (tertiary/aromatic N) is 3. The molecule has 1 fully saturated rings. The first-order chi connectivity index (χ1) is 15.0. The van der Waals surface area contributed by atoms with Gasteiger partial charge >= 0.3 is 0 Å². The molecule has 0 bridgehead atoms. The van der Waals surface area contributed by atoms with Crippen LogP contribution in [0.1, 0.15) is 30.4 Å². The predicted octanol–water partition coefficient (Wildman–Crippen LogP) is 3.75. The van der Waals surface area contributed by atoms with Gasteiger partial charge < -0.3 is 10.2 Å². The number of carbonyl (C=O) groups is 2. The smallest absolute Gasteiger partial charge is 0.227 e. The van der Waals surface area contributed by atoms with Crippen LogP contribution in [0.4, 0.5) is 5.69 Å². The van der Waals surface area contributed by atoms with E-state index in [2.05, 4.69) is 15.5 Å². The zero-order chi connectivity index (χ0) is 21.8. The summed E-state index contributed by atoms with van der Waals surface area (Å²) in [6, 6.07) is 15.8. The number of H-pyrrole nitrogens is 1. The fourth-order valence-corrected chi connectivity index (χ4v) is 3.89. The number of anilines is 1. The summed E-state index contributed by atoms with van der Waals surface area (Å²) in [5, 5.41) is 10.1. The van der Waals surface area contributed by atoms with Crippen LogP contribution in [0.25, 0.3) is 11.4 Å². The van der Waals surface area contributed by atoms with Gasteiger partial charge in [-0.2, -0.15) is 5.10 Å². The zero-order valence-electron chi connectivity index (χ0n) is 17.4. The van der Waals surface area contributed by atoms with E-state index in [0.717, 1.165) is 35.6 Å². The quantitative estimate of drug-likeness (QED) is 0.554. The molecule has 2 aromatic carbocycles. The fraction of sp³-hybridized carbons (Fsp3) is 0.304. The summed E-state index contributed by atoms with van der Waals surface area (Å²) in [6.45, 7) is 3.69. The zero-order valence-corrected chi connectivity index (χ0v) is 18.2. The lowest BCUT2D eigenvalue weighted by atomic mass is 10.1. The number of nitrogens with one attached hydrogen (secondary N) is 2. The van der Waals surface area contributed by atoms with Gasteiger partial charge in [0.25, 0.3) is 0 Å². The maximum atomic E-state index is 12.4. The topological polar surface area (TPSA) is 83.0 Å². The van der Waals surface area contributed by atoms with E-state index < -0.39 is 0 Å². The highest BCUT2D eigenvalue weighted by Gasteiger charge is 2.21. The molecule has 2 heterocycles. The van der Waals surface area contributed by atoms with Crippen molar-refractivity contribution >= 4 is 29.7 Å². The molecule has 0 unspecified atom stereocenters. The lowest BCUT2D eigenvalue weighted by Gasteiger charge is -2.16. The largest absolute Gasteiger partial charge is 0.352 e. The number of aryl methyl sites for hydroxylation is 1. The lowest BCUT2D eigenvalue weighted by Crippen LogP contribution is -2.25. The van der Waals surface area contributed by atoms with Gasteiger partial charge in [0.15, 0.2) is 10.6 Å². The number of hydrogen-bond donors (Lipinski definition) is 2. The Kier molecular flexibility index (Phi) is 6.27. The summed E-state index contributed by atoms with van der Waals surface area (Å²) >= 11 is 5.34. The summed E-state index contributed by atoms with van der Waals surface area (Å²) in [5.41, 5.74) is 4.03. The minimum absolute atomic E-state index is 0.0586. The van der Waals surface area contributed by atoms with E-state index in [0.29, 0.717) is 30.7 Å². The van der Waals surface area contributed by atoms with Crippen molar-refractivity contribution in [3.63, 3.8) is 0 Å². The Morgan fingerprint density at radius 2 is 1.90 bits per heavy atom. The van der Waals surface area contributed by atoms with Crippen molar-refractivity contribution in [2.24, 2.45) is 0 Å². The Hall–Kier alpha value is -3.26. The van der Waals surface area contributed by atoms with Crippen molar-refractivity contribution in [3.8, 4) is 11.4 Å². The molecule has 160 valence electrons. The van der Waals surface area contributed by atoms with Gasteiger partial charge in [-0.15, -0.1) is 0 Å². The Morgan fingerprint density at radius 3 is 2.58 bits per heavy atom. The highest BCUT2D eigenvalue weighted by molar-refractivity contribution is 7.71. The number of carbonyl (C=O) groups excluding carboxylic acids is 2. The molecule has 0 atom stereocenters. The Morgan fingerprint density at radius 1 is 1.16 bits per heavy atom. The van der Waals surface area contributed by atoms with Gasteiger partial charge in [-0.25, -0.2) is 0 Å². The minimum atomic E-state index is -0.0586. The molecule has 1 saturated heterocycles. The van der Waals surface area contributed by atoms with E-state index in [1.807, 2.05) is 64.9 Å². The predicted molar refractivity (Wildman–Crippen MR) is 122 cm³/mol. The molecule has 8 heteroatoms. The van der Waals surface area contributed by atoms with Crippen LogP contribution in [0, 0.1) is 11.7 Å². The second-order valence-corrected chi connectivity index (χ2v) is 8.10. The van der Waals surface area contributed by atoms with Crippen molar-refractivity contribution in [3.05, 3.63) is 64.4 Å². The fourth-order valence-electron chi connectivity index (χ4n) is 3.67. The number of aromatic amines is 1. The Bertz CT molecular complexity index is 1130. The Balaban J connectivity index is 1.32. The molecule has 4 rings (SSSR count). The maximum Gasteiger partial charge on any atom is 0.227 e. The second kappa shape index (κ2) is 9.26. The normalized spacial score (nSPS) is 13.6. The molecular formula is C23H25N5O2S. The summed E-state index contributed by atoms with van der Waals surface area (Å²) in [5.74, 6) is 0.838. The Labute approximate surface area is 186 Å². The van der Waals surface area contributed by atoms with Gasteiger partial charge in [0.1, 0.15) is 0 Å². The molecule has 31 heavy (non-hydrogen) atoms. The van der Waals surface area contributed by atoms with E-state index in [4.69, 9.17) is 12.2 Å². The minimum Gasteiger partial charge on any atom is -0.352 e. The van der Waals surface area contributed by atoms with Crippen LogP contribution >= 0.6 is 12.2 Å². The van der Waals surface area contributed by atoms with Crippen LogP contribution in [0.3, 0.4) is 0 Å². The van der Waals surface area contributed by atoms with Gasteiger partial charge in [0.05, 0.1) is 0 Å². The van der Waals surface area contributed by atoms with E-state index >= 15 is 0 Å². The average Bonchev–Trinajstić information content (AvgIpc) is 3.37. The molecule has 0 aliphatic carbocycles. The van der Waals surface area contributed by atoms with Crippen LogP contribution in [0.2, 0.25) is 0 Å². The van der Waals surface area contributed by atoms with Gasteiger partial charge in [0.2, 0.25) is 11.8 Å². The molecule has 2 N–H and O–H groups in total. The number of amides is 2. The average molecular weight is 436 g/mol. The molecule has 0 spiro atoms. The molecule has 0 saturated carbocycles. The van der Waals surface area contributed by atoms with Crippen molar-refractivity contribution in [2.45, 2.75) is 39.3 Å². The summed E-state index contributed by atoms with van der Waals surface area (Å²) in [7, 11) is 0. The third-order valence-electron chi connectivity index (χ3n) is 5.44. The number of hydrogen-bond acceptors (Lipinski definition) is 4. The van der Waals surface area contributed by atoms with Gasteiger partial charge in [-0.1, -0.05) is 42.0 Å². The molecule has 2 amide bonds. The maximum absolute atomic E-state index is 12.4.